The maximum absolute atomic E-state index is 12.9. The summed E-state index contributed by atoms with van der Waals surface area (Å²) in [6.45, 7) is 1.79. The van der Waals surface area contributed by atoms with Crippen molar-refractivity contribution in [1.82, 2.24) is 9.78 Å². The number of aromatic nitrogens is 2. The lowest BCUT2D eigenvalue weighted by Crippen LogP contribution is -2.15. The number of nitrogen functional groups attached to an aromatic ring is 1. The molecule has 1 aliphatic carbocycles. The molecule has 2 N–H and O–H groups in total. The first-order valence-corrected chi connectivity index (χ1v) is 5.95. The van der Waals surface area contributed by atoms with Gasteiger partial charge in [0, 0.05) is 6.54 Å². The van der Waals surface area contributed by atoms with Crippen LogP contribution < -0.4 is 5.73 Å². The van der Waals surface area contributed by atoms with E-state index in [9.17, 15) is 18.0 Å². The molecule has 0 amide bonds. The van der Waals surface area contributed by atoms with Crippen LogP contribution in [0.25, 0.3) is 0 Å². The van der Waals surface area contributed by atoms with Crippen molar-refractivity contribution >= 4 is 11.8 Å². The lowest BCUT2D eigenvalue weighted by Gasteiger charge is -2.05. The van der Waals surface area contributed by atoms with E-state index in [1.807, 2.05) is 0 Å². The lowest BCUT2D eigenvalue weighted by molar-refractivity contribution is -0.142. The summed E-state index contributed by atoms with van der Waals surface area (Å²) in [4.78, 5) is 11.6. The average molecular weight is 277 g/mol. The molecule has 8 heteroatoms. The number of carbonyl (C=O) groups is 1. The SMILES string of the molecule is CCOC(=O)c1c(C(F)(F)F)nn(CC2CC2)c1N. The zero-order chi connectivity index (χ0) is 14.2. The van der Waals surface area contributed by atoms with Crippen molar-refractivity contribution in [3.63, 3.8) is 0 Å². The normalized spacial score (nSPS) is 15.6. The van der Waals surface area contributed by atoms with Crippen LogP contribution in [0.2, 0.25) is 0 Å². The molecule has 0 unspecified atom stereocenters. The first-order valence-electron chi connectivity index (χ1n) is 5.95. The van der Waals surface area contributed by atoms with Crippen molar-refractivity contribution in [3.8, 4) is 0 Å². The van der Waals surface area contributed by atoms with Gasteiger partial charge < -0.3 is 10.5 Å². The fourth-order valence-electron chi connectivity index (χ4n) is 1.76. The molecule has 0 spiro atoms. The van der Waals surface area contributed by atoms with Gasteiger partial charge in [0.2, 0.25) is 0 Å². The monoisotopic (exact) mass is 277 g/mol. The van der Waals surface area contributed by atoms with Gasteiger partial charge in [0.05, 0.1) is 6.61 Å². The van der Waals surface area contributed by atoms with Crippen LogP contribution in [0.15, 0.2) is 0 Å². The van der Waals surface area contributed by atoms with E-state index in [1.54, 1.807) is 0 Å². The molecular weight excluding hydrogens is 263 g/mol. The number of hydrogen-bond acceptors (Lipinski definition) is 4. The Balaban J connectivity index is 2.41. The Morgan fingerprint density at radius 3 is 2.63 bits per heavy atom. The Morgan fingerprint density at radius 2 is 2.16 bits per heavy atom. The Labute approximate surface area is 107 Å². The van der Waals surface area contributed by atoms with E-state index in [1.165, 1.54) is 6.92 Å². The van der Waals surface area contributed by atoms with Crippen molar-refractivity contribution in [1.29, 1.82) is 0 Å². The standard InChI is InChI=1S/C11H14F3N3O2/c1-2-19-10(18)7-8(11(12,13)14)16-17(9(7)15)5-6-3-4-6/h6H,2-5,15H2,1H3. The van der Waals surface area contributed by atoms with E-state index in [2.05, 4.69) is 9.84 Å². The van der Waals surface area contributed by atoms with Gasteiger partial charge in [-0.2, -0.15) is 18.3 Å². The summed E-state index contributed by atoms with van der Waals surface area (Å²) >= 11 is 0. The Kier molecular flexibility index (Phi) is 3.42. The van der Waals surface area contributed by atoms with Crippen molar-refractivity contribution in [3.05, 3.63) is 11.3 Å². The molecule has 2 rings (SSSR count). The summed E-state index contributed by atoms with van der Waals surface area (Å²) in [5.41, 5.74) is 3.65. The summed E-state index contributed by atoms with van der Waals surface area (Å²) < 4.78 is 44.2. The molecule has 0 aliphatic heterocycles. The van der Waals surface area contributed by atoms with E-state index in [4.69, 9.17) is 5.73 Å². The van der Waals surface area contributed by atoms with Crippen molar-refractivity contribution in [2.45, 2.75) is 32.5 Å². The molecule has 5 nitrogen and oxygen atoms in total. The van der Waals surface area contributed by atoms with Crippen LogP contribution in [0.5, 0.6) is 0 Å². The maximum Gasteiger partial charge on any atom is 0.436 e. The molecule has 0 radical (unpaired) electrons. The highest BCUT2D eigenvalue weighted by Gasteiger charge is 2.42. The predicted octanol–water partition coefficient (Wildman–Crippen LogP) is 2.07. The van der Waals surface area contributed by atoms with E-state index in [0.29, 0.717) is 12.5 Å². The summed E-state index contributed by atoms with van der Waals surface area (Å²) in [6, 6.07) is 0. The maximum atomic E-state index is 12.9. The molecule has 1 fully saturated rings. The third kappa shape index (κ3) is 2.82. The van der Waals surface area contributed by atoms with Gasteiger partial charge >= 0.3 is 12.1 Å². The number of alkyl halides is 3. The van der Waals surface area contributed by atoms with Crippen LogP contribution in [0.3, 0.4) is 0 Å². The Morgan fingerprint density at radius 1 is 1.53 bits per heavy atom. The average Bonchev–Trinajstić information content (AvgIpc) is 3.03. The molecule has 1 aliphatic rings. The second kappa shape index (κ2) is 4.75. The highest BCUT2D eigenvalue weighted by molar-refractivity contribution is 5.95. The molecule has 106 valence electrons. The molecular formula is C11H14F3N3O2. The first-order chi connectivity index (χ1) is 8.84. The van der Waals surface area contributed by atoms with Gasteiger partial charge in [-0.15, -0.1) is 0 Å². The lowest BCUT2D eigenvalue weighted by atomic mass is 10.2. The van der Waals surface area contributed by atoms with Crippen molar-refractivity contribution < 1.29 is 22.7 Å². The molecule has 0 aromatic carbocycles. The molecule has 1 aromatic heterocycles. The summed E-state index contributed by atoms with van der Waals surface area (Å²) in [5.74, 6) is -1.08. The smallest absolute Gasteiger partial charge is 0.436 e. The van der Waals surface area contributed by atoms with Crippen molar-refractivity contribution in [2.24, 2.45) is 5.92 Å². The van der Waals surface area contributed by atoms with Gasteiger partial charge in [-0.1, -0.05) is 0 Å². The van der Waals surface area contributed by atoms with Crippen LogP contribution >= 0.6 is 0 Å². The van der Waals surface area contributed by atoms with Crippen LogP contribution in [0.4, 0.5) is 19.0 Å². The predicted molar refractivity (Wildman–Crippen MR) is 60.3 cm³/mol. The van der Waals surface area contributed by atoms with Crippen molar-refractivity contribution in [2.75, 3.05) is 12.3 Å². The number of anilines is 1. The third-order valence-electron chi connectivity index (χ3n) is 2.87. The number of ether oxygens (including phenoxy) is 1. The fourth-order valence-corrected chi connectivity index (χ4v) is 1.76. The summed E-state index contributed by atoms with van der Waals surface area (Å²) in [6.07, 6.45) is -2.85. The van der Waals surface area contributed by atoms with Crippen LogP contribution in [-0.4, -0.2) is 22.4 Å². The minimum absolute atomic E-state index is 0.0244. The summed E-state index contributed by atoms with van der Waals surface area (Å²) in [7, 11) is 0. The molecule has 19 heavy (non-hydrogen) atoms. The molecule has 1 saturated carbocycles. The fraction of sp³-hybridized carbons (Fsp3) is 0.636. The second-order valence-corrected chi connectivity index (χ2v) is 4.45. The van der Waals surface area contributed by atoms with Gasteiger partial charge in [0.1, 0.15) is 11.4 Å². The number of hydrogen-bond donors (Lipinski definition) is 1. The number of halogens is 3. The third-order valence-corrected chi connectivity index (χ3v) is 2.87. The van der Waals surface area contributed by atoms with Gasteiger partial charge in [0.25, 0.3) is 0 Å². The zero-order valence-corrected chi connectivity index (χ0v) is 10.3. The molecule has 0 saturated heterocycles. The Hall–Kier alpha value is -1.73. The minimum atomic E-state index is -4.73. The molecule has 0 atom stereocenters. The first kappa shape index (κ1) is 13.7. The molecule has 1 heterocycles. The Bertz CT molecular complexity index is 492. The van der Waals surface area contributed by atoms with Crippen LogP contribution in [-0.2, 0) is 17.5 Å². The number of esters is 1. The van der Waals surface area contributed by atoms with E-state index >= 15 is 0 Å². The van der Waals surface area contributed by atoms with E-state index in [-0.39, 0.29) is 12.4 Å². The minimum Gasteiger partial charge on any atom is -0.462 e. The second-order valence-electron chi connectivity index (χ2n) is 4.45. The largest absolute Gasteiger partial charge is 0.462 e. The molecule has 1 aromatic rings. The van der Waals surface area contributed by atoms with E-state index in [0.717, 1.165) is 17.5 Å². The van der Waals surface area contributed by atoms with Gasteiger partial charge in [-0.25, -0.2) is 9.48 Å². The topological polar surface area (TPSA) is 70.1 Å². The number of nitrogens with two attached hydrogens (primary N) is 1. The van der Waals surface area contributed by atoms with Gasteiger partial charge in [-0.3, -0.25) is 0 Å². The number of rotatable bonds is 4. The highest BCUT2D eigenvalue weighted by atomic mass is 19.4. The zero-order valence-electron chi connectivity index (χ0n) is 10.3. The van der Waals surface area contributed by atoms with Gasteiger partial charge in [-0.05, 0) is 25.7 Å². The van der Waals surface area contributed by atoms with Crippen LogP contribution in [0, 0.1) is 5.92 Å². The van der Waals surface area contributed by atoms with Crippen LogP contribution in [0.1, 0.15) is 35.8 Å². The summed E-state index contributed by atoms with van der Waals surface area (Å²) in [5, 5.41) is 3.43. The quantitative estimate of drug-likeness (QED) is 0.855. The highest BCUT2D eigenvalue weighted by Crippen LogP contribution is 2.36. The van der Waals surface area contributed by atoms with E-state index < -0.39 is 23.4 Å². The number of nitrogens with zero attached hydrogens (tertiary/aromatic N) is 2. The number of carbonyl (C=O) groups excluding carboxylic acids is 1. The molecule has 0 bridgehead atoms. The van der Waals surface area contributed by atoms with Gasteiger partial charge in [0.15, 0.2) is 5.69 Å².